The van der Waals surface area contributed by atoms with Gasteiger partial charge in [-0.2, -0.15) is 8.78 Å². The Labute approximate surface area is 77.5 Å². The number of halogens is 2. The first-order chi connectivity index (χ1) is 6.67. The van der Waals surface area contributed by atoms with Crippen LogP contribution >= 0.6 is 0 Å². The molecular formula is C8H5F2NO3. The Balaban J connectivity index is 3.04. The van der Waals surface area contributed by atoms with Crippen molar-refractivity contribution >= 4 is 12.0 Å². The first-order valence-electron chi connectivity index (χ1n) is 3.54. The van der Waals surface area contributed by atoms with Gasteiger partial charge in [0.1, 0.15) is 6.29 Å². The van der Waals surface area contributed by atoms with E-state index in [0.29, 0.717) is 6.29 Å². The summed E-state index contributed by atoms with van der Waals surface area (Å²) in [4.78, 5) is 20.5. The molecule has 0 heterocycles. The first kappa shape index (κ1) is 10.2. The summed E-state index contributed by atoms with van der Waals surface area (Å²) in [6, 6.07) is 3.41. The number of rotatable bonds is 4. The van der Waals surface area contributed by atoms with Gasteiger partial charge in [-0.3, -0.25) is 4.79 Å². The van der Waals surface area contributed by atoms with Crippen LogP contribution in [0.1, 0.15) is 10.4 Å². The Hall–Kier alpha value is -1.85. The third-order valence-electron chi connectivity index (χ3n) is 1.43. The molecule has 1 rings (SSSR count). The van der Waals surface area contributed by atoms with Crippen molar-refractivity contribution in [2.45, 2.75) is 6.61 Å². The van der Waals surface area contributed by atoms with Crippen molar-refractivity contribution in [3.8, 4) is 5.75 Å². The molecule has 0 amide bonds. The van der Waals surface area contributed by atoms with Gasteiger partial charge in [-0.15, -0.1) is 4.91 Å². The van der Waals surface area contributed by atoms with Crippen molar-refractivity contribution < 1.29 is 18.3 Å². The molecule has 0 unspecified atom stereocenters. The maximum absolute atomic E-state index is 11.8. The van der Waals surface area contributed by atoms with Gasteiger partial charge < -0.3 is 4.74 Å². The van der Waals surface area contributed by atoms with E-state index in [2.05, 4.69) is 9.91 Å². The van der Waals surface area contributed by atoms with Crippen LogP contribution in [-0.4, -0.2) is 12.9 Å². The van der Waals surface area contributed by atoms with E-state index in [-0.39, 0.29) is 17.0 Å². The van der Waals surface area contributed by atoms with Crippen molar-refractivity contribution in [2.75, 3.05) is 0 Å². The van der Waals surface area contributed by atoms with Crippen LogP contribution in [0.2, 0.25) is 0 Å². The zero-order valence-corrected chi connectivity index (χ0v) is 6.81. The molecule has 0 aliphatic heterocycles. The summed E-state index contributed by atoms with van der Waals surface area (Å²) in [7, 11) is 0. The number of nitrogens with zero attached hydrogens (tertiary/aromatic N) is 1. The lowest BCUT2D eigenvalue weighted by atomic mass is 10.2. The smallest absolute Gasteiger partial charge is 0.387 e. The van der Waals surface area contributed by atoms with Crippen LogP contribution < -0.4 is 4.74 Å². The molecule has 0 aliphatic carbocycles. The largest absolute Gasteiger partial charge is 0.432 e. The van der Waals surface area contributed by atoms with Crippen molar-refractivity contribution in [3.63, 3.8) is 0 Å². The van der Waals surface area contributed by atoms with Gasteiger partial charge in [-0.1, -0.05) is 0 Å². The summed E-state index contributed by atoms with van der Waals surface area (Å²) >= 11 is 0. The molecule has 0 saturated carbocycles. The number of alkyl halides is 2. The number of aldehydes is 1. The van der Waals surface area contributed by atoms with Gasteiger partial charge in [-0.25, -0.2) is 0 Å². The number of hydrogen-bond acceptors (Lipinski definition) is 4. The lowest BCUT2D eigenvalue weighted by molar-refractivity contribution is -0.0494. The van der Waals surface area contributed by atoms with Crippen LogP contribution in [0, 0.1) is 4.91 Å². The second-order valence-corrected chi connectivity index (χ2v) is 2.31. The number of ether oxygens (including phenoxy) is 1. The highest BCUT2D eigenvalue weighted by Gasteiger charge is 2.10. The van der Waals surface area contributed by atoms with Gasteiger partial charge in [0, 0.05) is 5.56 Å². The molecule has 74 valence electrons. The number of carbonyl (C=O) groups excluding carboxylic acids is 1. The minimum atomic E-state index is -3.03. The maximum Gasteiger partial charge on any atom is 0.387 e. The van der Waals surface area contributed by atoms with Gasteiger partial charge in [0.15, 0.2) is 11.4 Å². The fourth-order valence-corrected chi connectivity index (χ4v) is 0.875. The summed E-state index contributed by atoms with van der Waals surface area (Å²) in [6.07, 6.45) is 0.473. The summed E-state index contributed by atoms with van der Waals surface area (Å²) in [5.74, 6) is -0.347. The molecule has 1 aromatic rings. The standard InChI is InChI=1S/C8H5F2NO3/c9-8(10)14-7-2-1-5(4-12)3-6(7)11-13/h1-4,8H. The van der Waals surface area contributed by atoms with Gasteiger partial charge in [0.25, 0.3) is 0 Å². The molecule has 0 fully saturated rings. The zero-order chi connectivity index (χ0) is 10.6. The van der Waals surface area contributed by atoms with E-state index in [1.807, 2.05) is 0 Å². The van der Waals surface area contributed by atoms with E-state index in [4.69, 9.17) is 0 Å². The van der Waals surface area contributed by atoms with Crippen LogP contribution in [0.25, 0.3) is 0 Å². The molecule has 6 heteroatoms. The molecular weight excluding hydrogens is 196 g/mol. The SMILES string of the molecule is O=Cc1ccc(OC(F)F)c(N=O)c1. The molecule has 4 nitrogen and oxygen atoms in total. The fourth-order valence-electron chi connectivity index (χ4n) is 0.875. The summed E-state index contributed by atoms with van der Waals surface area (Å²) in [6.45, 7) is -3.03. The topological polar surface area (TPSA) is 55.7 Å². The van der Waals surface area contributed by atoms with E-state index in [0.717, 1.165) is 12.1 Å². The molecule has 0 atom stereocenters. The Morgan fingerprint density at radius 3 is 2.64 bits per heavy atom. The second kappa shape index (κ2) is 4.40. The number of carbonyl (C=O) groups is 1. The third-order valence-corrected chi connectivity index (χ3v) is 1.43. The molecule has 0 aliphatic rings. The number of benzene rings is 1. The highest BCUT2D eigenvalue weighted by molar-refractivity contribution is 5.77. The average molecular weight is 201 g/mol. The van der Waals surface area contributed by atoms with Crippen molar-refractivity contribution in [2.24, 2.45) is 5.18 Å². The first-order valence-corrected chi connectivity index (χ1v) is 3.54. The van der Waals surface area contributed by atoms with Crippen molar-refractivity contribution in [3.05, 3.63) is 28.7 Å². The zero-order valence-electron chi connectivity index (χ0n) is 6.81. The van der Waals surface area contributed by atoms with Gasteiger partial charge >= 0.3 is 6.61 Å². The van der Waals surface area contributed by atoms with Crippen molar-refractivity contribution in [1.29, 1.82) is 0 Å². The quantitative estimate of drug-likeness (QED) is 0.555. The molecule has 0 aromatic heterocycles. The van der Waals surface area contributed by atoms with Gasteiger partial charge in [0.05, 0.1) is 0 Å². The van der Waals surface area contributed by atoms with E-state index < -0.39 is 6.61 Å². The average Bonchev–Trinajstić information content (AvgIpc) is 2.17. The molecule has 0 saturated heterocycles. The second-order valence-electron chi connectivity index (χ2n) is 2.31. The fraction of sp³-hybridized carbons (Fsp3) is 0.125. The van der Waals surface area contributed by atoms with Gasteiger partial charge in [-0.05, 0) is 23.4 Å². The highest BCUT2D eigenvalue weighted by Crippen LogP contribution is 2.29. The van der Waals surface area contributed by atoms with Crippen LogP contribution in [0.5, 0.6) is 5.75 Å². The number of nitroso groups, excluding NO2 is 1. The Morgan fingerprint density at radius 1 is 1.43 bits per heavy atom. The van der Waals surface area contributed by atoms with E-state index in [9.17, 15) is 18.5 Å². The highest BCUT2D eigenvalue weighted by atomic mass is 19.3. The molecule has 0 spiro atoms. The Bertz CT molecular complexity index is 354. The Morgan fingerprint density at radius 2 is 2.14 bits per heavy atom. The molecule has 0 bridgehead atoms. The predicted octanol–water partition coefficient (Wildman–Crippen LogP) is 2.50. The normalized spacial score (nSPS) is 9.93. The predicted molar refractivity (Wildman–Crippen MR) is 43.9 cm³/mol. The van der Waals surface area contributed by atoms with Crippen LogP contribution in [0.4, 0.5) is 14.5 Å². The molecule has 1 aromatic carbocycles. The molecule has 14 heavy (non-hydrogen) atoms. The van der Waals surface area contributed by atoms with Crippen molar-refractivity contribution in [1.82, 2.24) is 0 Å². The van der Waals surface area contributed by atoms with Crippen LogP contribution in [0.3, 0.4) is 0 Å². The summed E-state index contributed by atoms with van der Waals surface area (Å²) in [5.41, 5.74) is -0.156. The lowest BCUT2D eigenvalue weighted by Gasteiger charge is -2.05. The minimum absolute atomic E-state index is 0.168. The van der Waals surface area contributed by atoms with Crippen LogP contribution in [-0.2, 0) is 0 Å². The molecule has 0 N–H and O–H groups in total. The lowest BCUT2D eigenvalue weighted by Crippen LogP contribution is -2.02. The Kier molecular flexibility index (Phi) is 3.22. The summed E-state index contributed by atoms with van der Waals surface area (Å²) < 4.78 is 27.6. The summed E-state index contributed by atoms with van der Waals surface area (Å²) in [5, 5.41) is 2.46. The maximum atomic E-state index is 11.8. The van der Waals surface area contributed by atoms with E-state index in [1.54, 1.807) is 0 Å². The third kappa shape index (κ3) is 2.32. The molecule has 0 radical (unpaired) electrons. The van der Waals surface area contributed by atoms with E-state index >= 15 is 0 Å². The number of hydrogen-bond donors (Lipinski definition) is 0. The minimum Gasteiger partial charge on any atom is -0.432 e. The van der Waals surface area contributed by atoms with E-state index in [1.165, 1.54) is 6.07 Å². The monoisotopic (exact) mass is 201 g/mol. The van der Waals surface area contributed by atoms with Gasteiger partial charge in [0.2, 0.25) is 0 Å². The van der Waals surface area contributed by atoms with Crippen LogP contribution in [0.15, 0.2) is 23.4 Å².